The van der Waals surface area contributed by atoms with Crippen molar-refractivity contribution in [3.05, 3.63) is 47.7 Å². The molecule has 0 fully saturated rings. The minimum Gasteiger partial charge on any atom is -0.444 e. The zero-order valence-electron chi connectivity index (χ0n) is 11.3. The van der Waals surface area contributed by atoms with Gasteiger partial charge in [-0.05, 0) is 38.1 Å². The van der Waals surface area contributed by atoms with Gasteiger partial charge in [-0.25, -0.2) is 9.78 Å². The molecule has 104 valence electrons. The maximum atomic E-state index is 11.7. The molecule has 6 nitrogen and oxygen atoms in total. The Morgan fingerprint density at radius 3 is 2.50 bits per heavy atom. The molecule has 1 aromatic carbocycles. The first kappa shape index (κ1) is 13.8. The van der Waals surface area contributed by atoms with Crippen LogP contribution in [0.3, 0.4) is 0 Å². The zero-order chi connectivity index (χ0) is 14.5. The van der Waals surface area contributed by atoms with Crippen LogP contribution in [0, 0.1) is 6.92 Å². The van der Waals surface area contributed by atoms with Crippen molar-refractivity contribution in [3.8, 4) is 0 Å². The van der Waals surface area contributed by atoms with Gasteiger partial charge in [0.15, 0.2) is 5.78 Å². The highest BCUT2D eigenvalue weighted by molar-refractivity contribution is 5.95. The lowest BCUT2D eigenvalue weighted by molar-refractivity contribution is 0.101. The number of aryl methyl sites for hydroxylation is 1. The van der Waals surface area contributed by atoms with Gasteiger partial charge in [-0.3, -0.25) is 4.79 Å². The highest BCUT2D eigenvalue weighted by atomic mass is 16.4. The Kier molecular flexibility index (Phi) is 4.14. The van der Waals surface area contributed by atoms with Crippen molar-refractivity contribution < 1.29 is 14.0 Å². The molecule has 2 N–H and O–H groups in total. The van der Waals surface area contributed by atoms with Crippen molar-refractivity contribution in [1.82, 2.24) is 10.3 Å². The summed E-state index contributed by atoms with van der Waals surface area (Å²) in [5.41, 5.74) is 1.21. The van der Waals surface area contributed by atoms with E-state index in [9.17, 15) is 9.59 Å². The summed E-state index contributed by atoms with van der Waals surface area (Å²) >= 11 is 0. The summed E-state index contributed by atoms with van der Waals surface area (Å²) in [7, 11) is 0. The van der Waals surface area contributed by atoms with E-state index < -0.39 is 0 Å². The average Bonchev–Trinajstić information content (AvgIpc) is 2.83. The molecule has 2 aromatic rings. The van der Waals surface area contributed by atoms with Gasteiger partial charge in [-0.1, -0.05) is 0 Å². The lowest BCUT2D eigenvalue weighted by Gasteiger charge is -2.06. The summed E-state index contributed by atoms with van der Waals surface area (Å²) in [4.78, 5) is 26.8. The molecule has 0 saturated heterocycles. The summed E-state index contributed by atoms with van der Waals surface area (Å²) in [6.45, 7) is 3.49. The SMILES string of the molecule is CC(=O)c1ccc(NC(=O)NCc2ncc(C)o2)cc1. The number of nitrogens with one attached hydrogen (secondary N) is 2. The molecule has 0 aliphatic heterocycles. The lowest BCUT2D eigenvalue weighted by atomic mass is 10.1. The summed E-state index contributed by atoms with van der Waals surface area (Å²) in [6.07, 6.45) is 1.59. The van der Waals surface area contributed by atoms with Crippen LogP contribution in [-0.4, -0.2) is 16.8 Å². The van der Waals surface area contributed by atoms with Gasteiger partial charge in [0.1, 0.15) is 5.76 Å². The van der Waals surface area contributed by atoms with Crippen LogP contribution in [-0.2, 0) is 6.54 Å². The topological polar surface area (TPSA) is 84.2 Å². The number of urea groups is 1. The smallest absolute Gasteiger partial charge is 0.319 e. The first-order chi connectivity index (χ1) is 9.54. The normalized spacial score (nSPS) is 10.1. The number of carbonyl (C=O) groups excluding carboxylic acids is 2. The van der Waals surface area contributed by atoms with E-state index in [0.717, 1.165) is 0 Å². The highest BCUT2D eigenvalue weighted by Crippen LogP contribution is 2.10. The third-order valence-electron chi connectivity index (χ3n) is 2.62. The first-order valence-electron chi connectivity index (χ1n) is 6.12. The molecule has 1 aromatic heterocycles. The maximum absolute atomic E-state index is 11.7. The molecule has 0 atom stereocenters. The predicted octanol–water partition coefficient (Wildman–Crippen LogP) is 2.51. The van der Waals surface area contributed by atoms with Gasteiger partial charge in [-0.15, -0.1) is 0 Å². The van der Waals surface area contributed by atoms with Crippen molar-refractivity contribution in [2.75, 3.05) is 5.32 Å². The van der Waals surface area contributed by atoms with Crippen molar-refractivity contribution in [1.29, 1.82) is 0 Å². The predicted molar refractivity (Wildman–Crippen MR) is 73.5 cm³/mol. The lowest BCUT2D eigenvalue weighted by Crippen LogP contribution is -2.28. The molecule has 0 spiro atoms. The van der Waals surface area contributed by atoms with E-state index in [1.165, 1.54) is 6.92 Å². The number of oxazole rings is 1. The largest absolute Gasteiger partial charge is 0.444 e. The van der Waals surface area contributed by atoms with E-state index in [4.69, 9.17) is 4.42 Å². The van der Waals surface area contributed by atoms with Crippen molar-refractivity contribution >= 4 is 17.5 Å². The summed E-state index contributed by atoms with van der Waals surface area (Å²) in [5, 5.41) is 5.28. The van der Waals surface area contributed by atoms with E-state index in [1.807, 2.05) is 0 Å². The minimum atomic E-state index is -0.364. The molecule has 0 unspecified atom stereocenters. The first-order valence-corrected chi connectivity index (χ1v) is 6.12. The van der Waals surface area contributed by atoms with E-state index >= 15 is 0 Å². The van der Waals surface area contributed by atoms with Gasteiger partial charge >= 0.3 is 6.03 Å². The number of Topliss-reactive ketones (excluding diaryl/α,β-unsaturated/α-hetero) is 1. The van der Waals surface area contributed by atoms with Gasteiger partial charge < -0.3 is 15.1 Å². The number of benzene rings is 1. The monoisotopic (exact) mass is 273 g/mol. The molecule has 6 heteroatoms. The average molecular weight is 273 g/mol. The number of anilines is 1. The Morgan fingerprint density at radius 2 is 1.95 bits per heavy atom. The molecule has 0 radical (unpaired) electrons. The molecule has 20 heavy (non-hydrogen) atoms. The molecule has 0 bridgehead atoms. The second-order valence-corrected chi connectivity index (χ2v) is 4.31. The second kappa shape index (κ2) is 6.01. The molecular formula is C14H15N3O3. The Balaban J connectivity index is 1.86. The number of ketones is 1. The van der Waals surface area contributed by atoms with Crippen LogP contribution < -0.4 is 10.6 Å². The van der Waals surface area contributed by atoms with E-state index in [1.54, 1.807) is 37.4 Å². The molecule has 2 amide bonds. The van der Waals surface area contributed by atoms with Gasteiger partial charge in [0.05, 0.1) is 12.7 Å². The van der Waals surface area contributed by atoms with E-state index in [-0.39, 0.29) is 18.4 Å². The van der Waals surface area contributed by atoms with Crippen LogP contribution in [0.1, 0.15) is 28.9 Å². The Hall–Kier alpha value is -2.63. The molecule has 0 aliphatic rings. The number of aromatic nitrogens is 1. The third-order valence-corrected chi connectivity index (χ3v) is 2.62. The van der Waals surface area contributed by atoms with Crippen LogP contribution in [0.5, 0.6) is 0 Å². The van der Waals surface area contributed by atoms with E-state index in [2.05, 4.69) is 15.6 Å². The Labute approximate surface area is 116 Å². The molecule has 1 heterocycles. The summed E-state index contributed by atoms with van der Waals surface area (Å²) in [5.74, 6) is 1.13. The van der Waals surface area contributed by atoms with Crippen LogP contribution >= 0.6 is 0 Å². The van der Waals surface area contributed by atoms with Gasteiger partial charge in [0, 0.05) is 11.3 Å². The molecule has 2 rings (SSSR count). The highest BCUT2D eigenvalue weighted by Gasteiger charge is 2.05. The van der Waals surface area contributed by atoms with Gasteiger partial charge in [-0.2, -0.15) is 0 Å². The van der Waals surface area contributed by atoms with E-state index in [0.29, 0.717) is 22.9 Å². The number of carbonyl (C=O) groups is 2. The molecule has 0 saturated carbocycles. The van der Waals surface area contributed by atoms with Crippen LogP contribution in [0.2, 0.25) is 0 Å². The summed E-state index contributed by atoms with van der Waals surface area (Å²) < 4.78 is 5.24. The number of hydrogen-bond acceptors (Lipinski definition) is 4. The maximum Gasteiger partial charge on any atom is 0.319 e. The van der Waals surface area contributed by atoms with Crippen molar-refractivity contribution in [3.63, 3.8) is 0 Å². The minimum absolute atomic E-state index is 0.0136. The quantitative estimate of drug-likeness (QED) is 0.838. The molecule has 0 aliphatic carbocycles. The Morgan fingerprint density at radius 1 is 1.25 bits per heavy atom. The fraction of sp³-hybridized carbons (Fsp3) is 0.214. The summed E-state index contributed by atoms with van der Waals surface area (Å²) in [6, 6.07) is 6.30. The van der Waals surface area contributed by atoms with Crippen molar-refractivity contribution in [2.45, 2.75) is 20.4 Å². The number of amides is 2. The van der Waals surface area contributed by atoms with Gasteiger partial charge in [0.25, 0.3) is 0 Å². The number of nitrogens with zero attached hydrogens (tertiary/aromatic N) is 1. The third kappa shape index (κ3) is 3.68. The standard InChI is InChI=1S/C14H15N3O3/c1-9-7-15-13(20-9)8-16-14(19)17-12-5-3-11(4-6-12)10(2)18/h3-7H,8H2,1-2H3,(H2,16,17,19). The van der Waals surface area contributed by atoms with Crippen molar-refractivity contribution in [2.24, 2.45) is 0 Å². The zero-order valence-corrected chi connectivity index (χ0v) is 11.3. The van der Waals surface area contributed by atoms with Crippen LogP contribution in [0.15, 0.2) is 34.9 Å². The molecular weight excluding hydrogens is 258 g/mol. The number of rotatable bonds is 4. The van der Waals surface area contributed by atoms with Crippen LogP contribution in [0.4, 0.5) is 10.5 Å². The Bertz CT molecular complexity index is 617. The second-order valence-electron chi connectivity index (χ2n) is 4.31. The fourth-order valence-corrected chi connectivity index (χ4v) is 1.60. The van der Waals surface area contributed by atoms with Crippen LogP contribution in [0.25, 0.3) is 0 Å². The number of hydrogen-bond donors (Lipinski definition) is 2. The van der Waals surface area contributed by atoms with Gasteiger partial charge in [0.2, 0.25) is 5.89 Å². The fourth-order valence-electron chi connectivity index (χ4n) is 1.60.